The zero-order valence-electron chi connectivity index (χ0n) is 22.4. The second-order valence-corrected chi connectivity index (χ2v) is 10.3. The average molecular weight is 570 g/mol. The highest BCUT2D eigenvalue weighted by Crippen LogP contribution is 2.26. The van der Waals surface area contributed by atoms with Gasteiger partial charge in [-0.15, -0.1) is 11.8 Å². The zero-order chi connectivity index (χ0) is 29.2. The number of nitrogens with one attached hydrogen (secondary N) is 3. The average Bonchev–Trinajstić information content (AvgIpc) is 2.99. The minimum Gasteiger partial charge on any atom is -0.497 e. The van der Waals surface area contributed by atoms with Crippen molar-refractivity contribution in [1.82, 2.24) is 5.32 Å². The molecular formula is C32H28FN3O4S. The van der Waals surface area contributed by atoms with Gasteiger partial charge in [0.1, 0.15) is 17.3 Å². The second-order valence-electron chi connectivity index (χ2n) is 8.89. The van der Waals surface area contributed by atoms with Crippen LogP contribution in [0.5, 0.6) is 5.75 Å². The molecule has 41 heavy (non-hydrogen) atoms. The quantitative estimate of drug-likeness (QED) is 0.153. The molecule has 9 heteroatoms. The van der Waals surface area contributed by atoms with Crippen molar-refractivity contribution in [2.45, 2.75) is 17.1 Å². The topological polar surface area (TPSA) is 96.5 Å². The number of halogens is 1. The molecule has 0 saturated carbocycles. The van der Waals surface area contributed by atoms with Gasteiger partial charge in [0, 0.05) is 21.8 Å². The van der Waals surface area contributed by atoms with Crippen LogP contribution in [0.2, 0.25) is 0 Å². The first-order valence-corrected chi connectivity index (χ1v) is 13.6. The molecule has 0 aliphatic rings. The van der Waals surface area contributed by atoms with E-state index in [9.17, 15) is 18.8 Å². The number of hydrogen-bond acceptors (Lipinski definition) is 5. The number of benzene rings is 4. The lowest BCUT2D eigenvalue weighted by molar-refractivity contribution is -0.115. The van der Waals surface area contributed by atoms with E-state index < -0.39 is 17.1 Å². The molecule has 208 valence electrons. The highest BCUT2D eigenvalue weighted by molar-refractivity contribution is 8.00. The highest BCUT2D eigenvalue weighted by atomic mass is 32.2. The number of ether oxygens (including phenoxy) is 1. The summed E-state index contributed by atoms with van der Waals surface area (Å²) in [6.45, 7) is 1.77. The van der Waals surface area contributed by atoms with Crippen LogP contribution in [-0.4, -0.2) is 30.1 Å². The van der Waals surface area contributed by atoms with Crippen LogP contribution >= 0.6 is 11.8 Å². The first-order chi connectivity index (χ1) is 19.8. The molecule has 3 amide bonds. The smallest absolute Gasteiger partial charge is 0.272 e. The SMILES string of the molecule is COc1ccc(/C=C(\NC(=O)c2ccccc2)C(=O)Nc2ccc(SC(C)C(=O)Nc3ccc(F)cc3)cc2)cc1. The van der Waals surface area contributed by atoms with Crippen molar-refractivity contribution in [2.24, 2.45) is 0 Å². The Morgan fingerprint density at radius 1 is 0.805 bits per heavy atom. The van der Waals surface area contributed by atoms with Crippen LogP contribution in [0, 0.1) is 5.82 Å². The summed E-state index contributed by atoms with van der Waals surface area (Å²) in [6, 6.07) is 28.3. The van der Waals surface area contributed by atoms with Crippen molar-refractivity contribution in [3.05, 3.63) is 126 Å². The molecule has 0 aliphatic heterocycles. The van der Waals surface area contributed by atoms with Crippen LogP contribution in [0.1, 0.15) is 22.8 Å². The third-order valence-corrected chi connectivity index (χ3v) is 6.97. The van der Waals surface area contributed by atoms with E-state index in [4.69, 9.17) is 4.74 Å². The lowest BCUT2D eigenvalue weighted by Crippen LogP contribution is -2.30. The van der Waals surface area contributed by atoms with Gasteiger partial charge >= 0.3 is 0 Å². The van der Waals surface area contributed by atoms with Gasteiger partial charge in [0.15, 0.2) is 0 Å². The van der Waals surface area contributed by atoms with Crippen molar-refractivity contribution in [1.29, 1.82) is 0 Å². The number of methoxy groups -OCH3 is 1. The number of carbonyl (C=O) groups excluding carboxylic acids is 3. The Labute approximate surface area is 241 Å². The Hall–Kier alpha value is -4.89. The third-order valence-electron chi connectivity index (χ3n) is 5.86. The fraction of sp³-hybridized carbons (Fsp3) is 0.0938. The molecule has 0 aliphatic carbocycles. The molecule has 1 atom stereocenters. The van der Waals surface area contributed by atoms with E-state index in [1.165, 1.54) is 36.0 Å². The molecule has 4 aromatic rings. The van der Waals surface area contributed by atoms with Crippen LogP contribution in [0.25, 0.3) is 6.08 Å². The van der Waals surface area contributed by atoms with Gasteiger partial charge in [-0.25, -0.2) is 4.39 Å². The van der Waals surface area contributed by atoms with Gasteiger partial charge in [-0.3, -0.25) is 14.4 Å². The van der Waals surface area contributed by atoms with Crippen LogP contribution in [0.15, 0.2) is 114 Å². The molecule has 0 radical (unpaired) electrons. The summed E-state index contributed by atoms with van der Waals surface area (Å²) in [6.07, 6.45) is 1.58. The fourth-order valence-electron chi connectivity index (χ4n) is 3.66. The molecule has 4 aromatic carbocycles. The summed E-state index contributed by atoms with van der Waals surface area (Å²) in [5.41, 5.74) is 2.20. The molecule has 0 fully saturated rings. The molecule has 0 spiro atoms. The van der Waals surface area contributed by atoms with Gasteiger partial charge in [-0.1, -0.05) is 30.3 Å². The highest BCUT2D eigenvalue weighted by Gasteiger charge is 2.17. The molecule has 3 N–H and O–H groups in total. The standard InChI is InChI=1S/C32H28FN3O4S/c1-21(30(37)34-25-12-10-24(33)11-13-25)41-28-18-14-26(15-19-28)35-32(39)29(20-22-8-16-27(40-2)17-9-22)36-31(38)23-6-4-3-5-7-23/h3-21H,1-2H3,(H,34,37)(H,35,39)(H,36,38)/b29-20-. The van der Waals surface area contributed by atoms with Gasteiger partial charge in [0.2, 0.25) is 5.91 Å². The Bertz CT molecular complexity index is 1520. The first kappa shape index (κ1) is 29.1. The minimum absolute atomic E-state index is 0.0635. The van der Waals surface area contributed by atoms with Gasteiger partial charge in [0.05, 0.1) is 12.4 Å². The van der Waals surface area contributed by atoms with Crippen molar-refractivity contribution in [2.75, 3.05) is 17.7 Å². The van der Waals surface area contributed by atoms with E-state index >= 15 is 0 Å². The number of rotatable bonds is 10. The Balaban J connectivity index is 1.43. The van der Waals surface area contributed by atoms with E-state index in [2.05, 4.69) is 16.0 Å². The molecule has 0 heterocycles. The van der Waals surface area contributed by atoms with E-state index in [-0.39, 0.29) is 17.4 Å². The fourth-order valence-corrected chi connectivity index (χ4v) is 4.53. The van der Waals surface area contributed by atoms with Crippen molar-refractivity contribution < 1.29 is 23.5 Å². The lowest BCUT2D eigenvalue weighted by Gasteiger charge is -2.13. The Morgan fingerprint density at radius 3 is 2.05 bits per heavy atom. The molecule has 1 unspecified atom stereocenters. The van der Waals surface area contributed by atoms with Crippen LogP contribution in [-0.2, 0) is 9.59 Å². The maximum atomic E-state index is 13.3. The van der Waals surface area contributed by atoms with Crippen LogP contribution in [0.4, 0.5) is 15.8 Å². The lowest BCUT2D eigenvalue weighted by atomic mass is 10.1. The largest absolute Gasteiger partial charge is 0.497 e. The molecule has 4 rings (SSSR count). The molecule has 0 saturated heterocycles. The maximum Gasteiger partial charge on any atom is 0.272 e. The summed E-state index contributed by atoms with van der Waals surface area (Å²) >= 11 is 1.34. The predicted molar refractivity (Wildman–Crippen MR) is 160 cm³/mol. The number of hydrogen-bond donors (Lipinski definition) is 3. The van der Waals surface area contributed by atoms with Crippen molar-refractivity contribution in [3.63, 3.8) is 0 Å². The Kier molecular flexibility index (Phi) is 9.90. The number of thioether (sulfide) groups is 1. The van der Waals surface area contributed by atoms with Gasteiger partial charge < -0.3 is 20.7 Å². The summed E-state index contributed by atoms with van der Waals surface area (Å²) in [5.74, 6) is -0.847. The zero-order valence-corrected chi connectivity index (χ0v) is 23.2. The summed E-state index contributed by atoms with van der Waals surface area (Å²) in [5, 5.41) is 7.87. The van der Waals surface area contributed by atoms with Gasteiger partial charge in [-0.2, -0.15) is 0 Å². The predicted octanol–water partition coefficient (Wildman–Crippen LogP) is 6.36. The van der Waals surface area contributed by atoms with Gasteiger partial charge in [0.25, 0.3) is 11.8 Å². The van der Waals surface area contributed by atoms with Crippen molar-refractivity contribution in [3.8, 4) is 5.75 Å². The molecule has 7 nitrogen and oxygen atoms in total. The molecule has 0 aromatic heterocycles. The number of anilines is 2. The summed E-state index contributed by atoms with van der Waals surface area (Å²) in [4.78, 5) is 39.4. The Morgan fingerprint density at radius 2 is 1.41 bits per heavy atom. The third kappa shape index (κ3) is 8.55. The minimum atomic E-state index is -0.502. The normalized spacial score (nSPS) is 11.7. The summed E-state index contributed by atoms with van der Waals surface area (Å²) < 4.78 is 18.3. The molecule has 0 bridgehead atoms. The van der Waals surface area contributed by atoms with E-state index in [1.54, 1.807) is 99.0 Å². The van der Waals surface area contributed by atoms with E-state index in [0.29, 0.717) is 28.3 Å². The second kappa shape index (κ2) is 14.0. The van der Waals surface area contributed by atoms with E-state index in [1.807, 2.05) is 0 Å². The monoisotopic (exact) mass is 569 g/mol. The van der Waals surface area contributed by atoms with Crippen LogP contribution < -0.4 is 20.7 Å². The maximum absolute atomic E-state index is 13.3. The molecular weight excluding hydrogens is 541 g/mol. The van der Waals surface area contributed by atoms with E-state index in [0.717, 1.165) is 4.90 Å². The first-order valence-electron chi connectivity index (χ1n) is 12.7. The summed E-state index contributed by atoms with van der Waals surface area (Å²) in [7, 11) is 1.57. The van der Waals surface area contributed by atoms with Gasteiger partial charge in [-0.05, 0) is 91.4 Å². The van der Waals surface area contributed by atoms with Crippen LogP contribution in [0.3, 0.4) is 0 Å². The number of amides is 3. The number of carbonyl (C=O) groups is 3. The van der Waals surface area contributed by atoms with Crippen molar-refractivity contribution >= 4 is 46.9 Å².